The Balaban J connectivity index is 2.59. The van der Waals surface area contributed by atoms with Crippen molar-refractivity contribution in [2.45, 2.75) is 58.9 Å². The average Bonchev–Trinajstić information content (AvgIpc) is 2.33. The zero-order chi connectivity index (χ0) is 14.3. The monoisotopic (exact) mass is 266 g/mol. The highest BCUT2D eigenvalue weighted by atomic mass is 16.2. The minimum Gasteiger partial charge on any atom is -0.338 e. The van der Waals surface area contributed by atoms with E-state index in [2.05, 4.69) is 18.4 Å². The van der Waals surface area contributed by atoms with E-state index in [-0.39, 0.29) is 11.9 Å². The summed E-state index contributed by atoms with van der Waals surface area (Å²) in [6.45, 7) is 13.6. The van der Waals surface area contributed by atoms with Crippen molar-refractivity contribution in [2.75, 3.05) is 26.2 Å². The van der Waals surface area contributed by atoms with Crippen molar-refractivity contribution in [3.05, 3.63) is 12.2 Å². The van der Waals surface area contributed by atoms with Gasteiger partial charge in [0.2, 0.25) is 5.91 Å². The summed E-state index contributed by atoms with van der Waals surface area (Å²) in [5.41, 5.74) is 1.05. The number of hydrogen-bond donors (Lipinski definition) is 0. The van der Waals surface area contributed by atoms with Crippen molar-refractivity contribution >= 4 is 5.91 Å². The molecule has 0 aromatic heterocycles. The lowest BCUT2D eigenvalue weighted by molar-refractivity contribution is -0.136. The van der Waals surface area contributed by atoms with E-state index in [0.29, 0.717) is 6.54 Å². The summed E-state index contributed by atoms with van der Waals surface area (Å²) >= 11 is 0. The third-order valence-corrected chi connectivity index (χ3v) is 3.95. The molecule has 1 fully saturated rings. The molecular weight excluding hydrogens is 236 g/mol. The average molecular weight is 266 g/mol. The van der Waals surface area contributed by atoms with Crippen LogP contribution in [0.25, 0.3) is 0 Å². The van der Waals surface area contributed by atoms with E-state index >= 15 is 0 Å². The third kappa shape index (κ3) is 5.35. The Morgan fingerprint density at radius 3 is 2.21 bits per heavy atom. The minimum absolute atomic E-state index is 0.0115. The fraction of sp³-hybridized carbons (Fsp3) is 0.812. The Kier molecular flexibility index (Phi) is 7.14. The van der Waals surface area contributed by atoms with Gasteiger partial charge < -0.3 is 4.90 Å². The lowest BCUT2D eigenvalue weighted by Crippen LogP contribution is -2.48. The first-order valence-corrected chi connectivity index (χ1v) is 7.73. The molecule has 0 N–H and O–H groups in total. The Morgan fingerprint density at radius 1 is 1.21 bits per heavy atom. The standard InChI is InChI=1S/C16H30N2O/c1-5-17(13-14(2)3)16(19)15(4)18-11-9-7-6-8-10-12-18/h15H,2,5-13H2,1,3-4H3. The zero-order valence-electron chi connectivity index (χ0n) is 13.0. The summed E-state index contributed by atoms with van der Waals surface area (Å²) < 4.78 is 0. The van der Waals surface area contributed by atoms with E-state index in [0.717, 1.165) is 25.2 Å². The van der Waals surface area contributed by atoms with Crippen LogP contribution in [0.4, 0.5) is 0 Å². The van der Waals surface area contributed by atoms with Gasteiger partial charge in [-0.3, -0.25) is 9.69 Å². The van der Waals surface area contributed by atoms with Gasteiger partial charge in [0.1, 0.15) is 0 Å². The minimum atomic E-state index is 0.0115. The van der Waals surface area contributed by atoms with Gasteiger partial charge in [0.15, 0.2) is 0 Å². The van der Waals surface area contributed by atoms with Gasteiger partial charge in [-0.15, -0.1) is 0 Å². The lowest BCUT2D eigenvalue weighted by atomic mass is 10.1. The van der Waals surface area contributed by atoms with Crippen LogP contribution in [0.1, 0.15) is 52.9 Å². The van der Waals surface area contributed by atoms with Crippen LogP contribution in [0.3, 0.4) is 0 Å². The van der Waals surface area contributed by atoms with Gasteiger partial charge >= 0.3 is 0 Å². The van der Waals surface area contributed by atoms with Gasteiger partial charge in [-0.2, -0.15) is 0 Å². The van der Waals surface area contributed by atoms with Crippen molar-refractivity contribution in [3.8, 4) is 0 Å². The first-order chi connectivity index (χ1) is 9.06. The molecule has 1 aliphatic rings. The maximum absolute atomic E-state index is 12.6. The number of carbonyl (C=O) groups is 1. The molecule has 3 nitrogen and oxygen atoms in total. The van der Waals surface area contributed by atoms with Crippen LogP contribution < -0.4 is 0 Å². The van der Waals surface area contributed by atoms with Crippen LogP contribution in [0, 0.1) is 0 Å². The number of carbonyl (C=O) groups excluding carboxylic acids is 1. The molecule has 0 aromatic carbocycles. The number of amides is 1. The van der Waals surface area contributed by atoms with E-state index < -0.39 is 0 Å². The van der Waals surface area contributed by atoms with Crippen molar-refractivity contribution in [2.24, 2.45) is 0 Å². The van der Waals surface area contributed by atoms with Crippen molar-refractivity contribution in [3.63, 3.8) is 0 Å². The summed E-state index contributed by atoms with van der Waals surface area (Å²) in [4.78, 5) is 16.8. The SMILES string of the molecule is C=C(C)CN(CC)C(=O)C(C)N1CCCCCCC1. The molecule has 0 bridgehead atoms. The number of hydrogen-bond acceptors (Lipinski definition) is 2. The molecular formula is C16H30N2O. The molecule has 0 saturated carbocycles. The predicted molar refractivity (Wildman–Crippen MR) is 81.2 cm³/mol. The van der Waals surface area contributed by atoms with E-state index in [9.17, 15) is 4.79 Å². The molecule has 1 aliphatic heterocycles. The summed E-state index contributed by atoms with van der Waals surface area (Å²) in [5, 5.41) is 0. The third-order valence-electron chi connectivity index (χ3n) is 3.95. The Morgan fingerprint density at radius 2 is 1.74 bits per heavy atom. The van der Waals surface area contributed by atoms with E-state index in [1.165, 1.54) is 32.1 Å². The number of rotatable bonds is 5. The molecule has 0 radical (unpaired) electrons. The largest absolute Gasteiger partial charge is 0.338 e. The highest BCUT2D eigenvalue weighted by Crippen LogP contribution is 2.14. The summed E-state index contributed by atoms with van der Waals surface area (Å²) in [6, 6.07) is 0.0115. The Hall–Kier alpha value is -0.830. The van der Waals surface area contributed by atoms with Gasteiger partial charge in [-0.1, -0.05) is 31.4 Å². The normalized spacial score (nSPS) is 19.3. The molecule has 1 saturated heterocycles. The highest BCUT2D eigenvalue weighted by Gasteiger charge is 2.25. The van der Waals surface area contributed by atoms with E-state index in [1.807, 2.05) is 18.7 Å². The number of likely N-dealkylation sites (tertiary alicyclic amines) is 1. The Labute approximate surface area is 118 Å². The van der Waals surface area contributed by atoms with Crippen LogP contribution in [0.15, 0.2) is 12.2 Å². The van der Waals surface area contributed by atoms with Gasteiger partial charge in [0, 0.05) is 13.1 Å². The van der Waals surface area contributed by atoms with E-state index in [4.69, 9.17) is 0 Å². The topological polar surface area (TPSA) is 23.6 Å². The summed E-state index contributed by atoms with van der Waals surface area (Å²) in [7, 11) is 0. The fourth-order valence-electron chi connectivity index (χ4n) is 2.75. The molecule has 110 valence electrons. The molecule has 19 heavy (non-hydrogen) atoms. The van der Waals surface area contributed by atoms with Gasteiger partial charge in [-0.05, 0) is 46.7 Å². The first kappa shape index (κ1) is 16.2. The molecule has 0 spiro atoms. The van der Waals surface area contributed by atoms with Crippen molar-refractivity contribution in [1.29, 1.82) is 0 Å². The van der Waals surface area contributed by atoms with Crippen LogP contribution in [-0.2, 0) is 4.79 Å². The molecule has 1 rings (SSSR count). The van der Waals surface area contributed by atoms with Gasteiger partial charge in [0.25, 0.3) is 0 Å². The van der Waals surface area contributed by atoms with Crippen LogP contribution in [0.2, 0.25) is 0 Å². The van der Waals surface area contributed by atoms with Gasteiger partial charge in [-0.25, -0.2) is 0 Å². The molecule has 1 amide bonds. The molecule has 1 atom stereocenters. The van der Waals surface area contributed by atoms with Gasteiger partial charge in [0.05, 0.1) is 6.04 Å². The lowest BCUT2D eigenvalue weighted by Gasteiger charge is -2.33. The smallest absolute Gasteiger partial charge is 0.239 e. The maximum atomic E-state index is 12.6. The van der Waals surface area contributed by atoms with Crippen molar-refractivity contribution < 1.29 is 4.79 Å². The summed E-state index contributed by atoms with van der Waals surface area (Å²) in [6.07, 6.45) is 6.42. The Bertz CT molecular complexity index is 293. The number of likely N-dealkylation sites (N-methyl/N-ethyl adjacent to an activating group) is 1. The maximum Gasteiger partial charge on any atom is 0.239 e. The highest BCUT2D eigenvalue weighted by molar-refractivity contribution is 5.81. The molecule has 1 heterocycles. The molecule has 0 aromatic rings. The zero-order valence-corrected chi connectivity index (χ0v) is 13.0. The predicted octanol–water partition coefficient (Wildman–Crippen LogP) is 3.07. The van der Waals surface area contributed by atoms with Crippen LogP contribution in [0.5, 0.6) is 0 Å². The fourth-order valence-corrected chi connectivity index (χ4v) is 2.75. The second-order valence-corrected chi connectivity index (χ2v) is 5.79. The molecule has 0 aliphatic carbocycles. The number of nitrogens with zero attached hydrogens (tertiary/aromatic N) is 2. The van der Waals surface area contributed by atoms with E-state index in [1.54, 1.807) is 0 Å². The van der Waals surface area contributed by atoms with Crippen molar-refractivity contribution in [1.82, 2.24) is 9.80 Å². The first-order valence-electron chi connectivity index (χ1n) is 7.73. The second-order valence-electron chi connectivity index (χ2n) is 5.79. The van der Waals surface area contributed by atoms with Crippen LogP contribution >= 0.6 is 0 Å². The van der Waals surface area contributed by atoms with Crippen LogP contribution in [-0.4, -0.2) is 47.9 Å². The summed E-state index contributed by atoms with van der Waals surface area (Å²) in [5.74, 6) is 0.256. The quantitative estimate of drug-likeness (QED) is 0.714. The molecule has 3 heteroatoms. The second kappa shape index (κ2) is 8.36. The molecule has 1 unspecified atom stereocenters.